The smallest absolute Gasteiger partial charge is 0.310 e. The Kier molecular flexibility index (Phi) is 9.03. The second-order valence-corrected chi connectivity index (χ2v) is 7.33. The van der Waals surface area contributed by atoms with E-state index in [1.54, 1.807) is 0 Å². The molecule has 0 spiro atoms. The summed E-state index contributed by atoms with van der Waals surface area (Å²) in [6.07, 6.45) is 5.50. The molecule has 1 N–H and O–H groups in total. The summed E-state index contributed by atoms with van der Waals surface area (Å²) in [5, 5.41) is 2.98. The summed E-state index contributed by atoms with van der Waals surface area (Å²) in [7, 11) is 0. The van der Waals surface area contributed by atoms with E-state index in [1.807, 2.05) is 58.0 Å². The number of hydrogen-bond donors (Lipinski definition) is 1. The van der Waals surface area contributed by atoms with Crippen LogP contribution in [0.25, 0.3) is 0 Å². The number of benzene rings is 1. The molecule has 6 nitrogen and oxygen atoms in total. The molecule has 0 fully saturated rings. The van der Waals surface area contributed by atoms with Gasteiger partial charge in [-0.2, -0.15) is 0 Å². The number of hydrogen-bond acceptors (Lipinski definition) is 5. The molecule has 0 unspecified atom stereocenters. The van der Waals surface area contributed by atoms with Crippen LogP contribution in [0, 0.1) is 11.8 Å². The van der Waals surface area contributed by atoms with Gasteiger partial charge in [0.1, 0.15) is 0 Å². The van der Waals surface area contributed by atoms with Gasteiger partial charge in [-0.05, 0) is 64.7 Å². The largest absolute Gasteiger partial charge is 0.490 e. The molecule has 1 amide bonds. The summed E-state index contributed by atoms with van der Waals surface area (Å²) in [6, 6.07) is 5.83. The fourth-order valence-electron chi connectivity index (χ4n) is 3.40. The molecular formula is C23H33NO5. The normalized spacial score (nSPS) is 18.4. The van der Waals surface area contributed by atoms with Crippen LogP contribution >= 0.6 is 0 Å². The maximum atomic E-state index is 12.7. The Morgan fingerprint density at radius 1 is 1.03 bits per heavy atom. The first kappa shape index (κ1) is 22.8. The van der Waals surface area contributed by atoms with Crippen molar-refractivity contribution in [2.24, 2.45) is 11.8 Å². The van der Waals surface area contributed by atoms with Crippen molar-refractivity contribution in [3.8, 4) is 11.5 Å². The Morgan fingerprint density at radius 2 is 1.69 bits per heavy atom. The van der Waals surface area contributed by atoms with Gasteiger partial charge in [0.25, 0.3) is 0 Å². The lowest BCUT2D eigenvalue weighted by Gasteiger charge is -2.26. The lowest BCUT2D eigenvalue weighted by molar-refractivity contribution is -0.156. The molecule has 6 heteroatoms. The van der Waals surface area contributed by atoms with Crippen molar-refractivity contribution in [1.29, 1.82) is 0 Å². The number of rotatable bonds is 10. The molecule has 2 atom stereocenters. The number of carbonyl (C=O) groups excluding carboxylic acids is 2. The predicted octanol–water partition coefficient (Wildman–Crippen LogP) is 3.68. The highest BCUT2D eigenvalue weighted by atomic mass is 16.5. The summed E-state index contributed by atoms with van der Waals surface area (Å²) in [5.74, 6) is 0.242. The number of amides is 1. The molecule has 0 radical (unpaired) electrons. The van der Waals surface area contributed by atoms with Crippen LogP contribution in [-0.4, -0.2) is 37.7 Å². The fourth-order valence-corrected chi connectivity index (χ4v) is 3.40. The molecule has 0 aliphatic heterocycles. The molecule has 1 aromatic carbocycles. The lowest BCUT2D eigenvalue weighted by atomic mass is 9.82. The van der Waals surface area contributed by atoms with Crippen LogP contribution in [0.15, 0.2) is 30.4 Å². The highest BCUT2D eigenvalue weighted by Gasteiger charge is 2.35. The zero-order chi connectivity index (χ0) is 21.2. The van der Waals surface area contributed by atoms with E-state index in [9.17, 15) is 9.59 Å². The van der Waals surface area contributed by atoms with E-state index < -0.39 is 5.92 Å². The first-order valence-electron chi connectivity index (χ1n) is 10.5. The minimum Gasteiger partial charge on any atom is -0.490 e. The number of allylic oxidation sites excluding steroid dienone is 2. The van der Waals surface area contributed by atoms with Gasteiger partial charge >= 0.3 is 5.97 Å². The molecule has 0 heterocycles. The second kappa shape index (κ2) is 11.5. The van der Waals surface area contributed by atoms with Gasteiger partial charge in [-0.15, -0.1) is 0 Å². The van der Waals surface area contributed by atoms with Crippen molar-refractivity contribution in [3.63, 3.8) is 0 Å². The molecular weight excluding hydrogens is 370 g/mol. The van der Waals surface area contributed by atoms with E-state index in [0.29, 0.717) is 44.8 Å². The SMILES string of the molecule is CCOc1ccc(CCNC(=O)[C@@H]2CC=CC[C@@H]2C(=O)OC(C)C)cc1OCC. The summed E-state index contributed by atoms with van der Waals surface area (Å²) in [6.45, 7) is 9.13. The first-order valence-corrected chi connectivity index (χ1v) is 10.5. The maximum absolute atomic E-state index is 12.7. The zero-order valence-electron chi connectivity index (χ0n) is 17.9. The quantitative estimate of drug-likeness (QED) is 0.477. The third-order valence-electron chi connectivity index (χ3n) is 4.74. The van der Waals surface area contributed by atoms with Crippen LogP contribution in [0.3, 0.4) is 0 Å². The van der Waals surface area contributed by atoms with Crippen molar-refractivity contribution >= 4 is 11.9 Å². The van der Waals surface area contributed by atoms with E-state index in [2.05, 4.69) is 5.32 Å². The molecule has 1 aliphatic carbocycles. The monoisotopic (exact) mass is 403 g/mol. The molecule has 0 saturated carbocycles. The Hall–Kier alpha value is -2.50. The summed E-state index contributed by atoms with van der Waals surface area (Å²) in [4.78, 5) is 25.0. The molecule has 0 aromatic heterocycles. The molecule has 2 rings (SSSR count). The van der Waals surface area contributed by atoms with Gasteiger partial charge in [0.05, 0.1) is 31.2 Å². The molecule has 0 bridgehead atoms. The predicted molar refractivity (Wildman–Crippen MR) is 112 cm³/mol. The zero-order valence-corrected chi connectivity index (χ0v) is 17.9. The number of nitrogens with one attached hydrogen (secondary N) is 1. The van der Waals surface area contributed by atoms with Crippen molar-refractivity contribution < 1.29 is 23.8 Å². The molecule has 1 aliphatic rings. The average Bonchev–Trinajstić information content (AvgIpc) is 2.69. The van der Waals surface area contributed by atoms with Crippen LogP contribution in [0.4, 0.5) is 0 Å². The van der Waals surface area contributed by atoms with Gasteiger partial charge in [0, 0.05) is 6.54 Å². The van der Waals surface area contributed by atoms with Crippen LogP contribution in [0.1, 0.15) is 46.1 Å². The highest BCUT2D eigenvalue weighted by molar-refractivity contribution is 5.86. The van der Waals surface area contributed by atoms with Gasteiger partial charge in [-0.3, -0.25) is 9.59 Å². The van der Waals surface area contributed by atoms with Crippen LogP contribution in [0.5, 0.6) is 11.5 Å². The van der Waals surface area contributed by atoms with E-state index in [0.717, 1.165) is 11.3 Å². The summed E-state index contributed by atoms with van der Waals surface area (Å²) < 4.78 is 16.6. The van der Waals surface area contributed by atoms with Crippen LogP contribution in [0.2, 0.25) is 0 Å². The minimum absolute atomic E-state index is 0.101. The Balaban J connectivity index is 1.93. The number of carbonyl (C=O) groups is 2. The van der Waals surface area contributed by atoms with Gasteiger partial charge in [0.15, 0.2) is 11.5 Å². The first-order chi connectivity index (χ1) is 14.0. The Morgan fingerprint density at radius 3 is 2.34 bits per heavy atom. The summed E-state index contributed by atoms with van der Waals surface area (Å²) >= 11 is 0. The molecule has 160 valence electrons. The summed E-state index contributed by atoms with van der Waals surface area (Å²) in [5.41, 5.74) is 1.05. The number of esters is 1. The third kappa shape index (κ3) is 6.80. The van der Waals surface area contributed by atoms with Gasteiger partial charge in [-0.1, -0.05) is 18.2 Å². The van der Waals surface area contributed by atoms with Crippen molar-refractivity contribution in [2.45, 2.75) is 53.1 Å². The number of ether oxygens (including phenoxy) is 3. The molecule has 29 heavy (non-hydrogen) atoms. The van der Waals surface area contributed by atoms with E-state index in [4.69, 9.17) is 14.2 Å². The van der Waals surface area contributed by atoms with Crippen LogP contribution in [-0.2, 0) is 20.7 Å². The van der Waals surface area contributed by atoms with E-state index in [-0.39, 0.29) is 23.9 Å². The molecule has 0 saturated heterocycles. The fraction of sp³-hybridized carbons (Fsp3) is 0.565. The Labute approximate surface area is 173 Å². The van der Waals surface area contributed by atoms with Gasteiger partial charge < -0.3 is 19.5 Å². The van der Waals surface area contributed by atoms with Crippen LogP contribution < -0.4 is 14.8 Å². The topological polar surface area (TPSA) is 73.9 Å². The minimum atomic E-state index is -0.419. The Bertz CT molecular complexity index is 713. The van der Waals surface area contributed by atoms with E-state index in [1.165, 1.54) is 0 Å². The van der Waals surface area contributed by atoms with Crippen molar-refractivity contribution in [2.75, 3.05) is 19.8 Å². The third-order valence-corrected chi connectivity index (χ3v) is 4.74. The maximum Gasteiger partial charge on any atom is 0.310 e. The van der Waals surface area contributed by atoms with Gasteiger partial charge in [0.2, 0.25) is 5.91 Å². The van der Waals surface area contributed by atoms with Crippen molar-refractivity contribution in [1.82, 2.24) is 5.32 Å². The average molecular weight is 404 g/mol. The van der Waals surface area contributed by atoms with Gasteiger partial charge in [-0.25, -0.2) is 0 Å². The van der Waals surface area contributed by atoms with E-state index >= 15 is 0 Å². The standard InChI is InChI=1S/C23H33NO5/c1-5-27-20-12-11-17(15-21(20)28-6-2)13-14-24-22(25)18-9-7-8-10-19(18)23(26)29-16(3)4/h7-8,11-12,15-16,18-19H,5-6,9-10,13-14H2,1-4H3,(H,24,25)/t18-,19+/m1/s1. The molecule has 1 aromatic rings. The lowest BCUT2D eigenvalue weighted by Crippen LogP contribution is -2.40. The second-order valence-electron chi connectivity index (χ2n) is 7.33. The highest BCUT2D eigenvalue weighted by Crippen LogP contribution is 2.29. The van der Waals surface area contributed by atoms with Crippen molar-refractivity contribution in [3.05, 3.63) is 35.9 Å².